The summed E-state index contributed by atoms with van der Waals surface area (Å²) in [7, 11) is 0. The van der Waals surface area contributed by atoms with Crippen molar-refractivity contribution < 1.29 is 5.11 Å². The first-order valence-corrected chi connectivity index (χ1v) is 5.32. The Morgan fingerprint density at radius 1 is 1.38 bits per heavy atom. The minimum atomic E-state index is -0.449. The maximum Gasteiger partial charge on any atom is 0.165 e. The Kier molecular flexibility index (Phi) is 1.88. The molecule has 16 heavy (non-hydrogen) atoms. The van der Waals surface area contributed by atoms with Crippen molar-refractivity contribution in [1.29, 1.82) is 0 Å². The van der Waals surface area contributed by atoms with Crippen molar-refractivity contribution in [2.45, 2.75) is 31.4 Å². The van der Waals surface area contributed by atoms with Gasteiger partial charge in [0, 0.05) is 6.54 Å². The summed E-state index contributed by atoms with van der Waals surface area (Å²) >= 11 is 0. The van der Waals surface area contributed by atoms with Gasteiger partial charge < -0.3 is 15.4 Å². The van der Waals surface area contributed by atoms with E-state index in [2.05, 4.69) is 15.0 Å². The molecule has 0 unspecified atom stereocenters. The van der Waals surface area contributed by atoms with Gasteiger partial charge in [-0.3, -0.25) is 0 Å². The Balaban J connectivity index is 1.89. The quantitative estimate of drug-likeness (QED) is 0.776. The van der Waals surface area contributed by atoms with Crippen LogP contribution in [0.15, 0.2) is 12.7 Å². The van der Waals surface area contributed by atoms with Gasteiger partial charge >= 0.3 is 0 Å². The van der Waals surface area contributed by atoms with Crippen molar-refractivity contribution in [1.82, 2.24) is 19.5 Å². The van der Waals surface area contributed by atoms with Gasteiger partial charge in [-0.1, -0.05) is 0 Å². The van der Waals surface area contributed by atoms with E-state index < -0.39 is 5.60 Å². The third-order valence-corrected chi connectivity index (χ3v) is 3.07. The summed E-state index contributed by atoms with van der Waals surface area (Å²) in [6, 6.07) is 0. The highest BCUT2D eigenvalue weighted by Crippen LogP contribution is 2.38. The molecule has 0 amide bonds. The van der Waals surface area contributed by atoms with Crippen molar-refractivity contribution in [2.24, 2.45) is 0 Å². The molecular formula is C10H13N5O. The van der Waals surface area contributed by atoms with Crippen LogP contribution in [-0.2, 0) is 6.54 Å². The fourth-order valence-corrected chi connectivity index (χ4v) is 1.79. The highest BCUT2D eigenvalue weighted by molar-refractivity contribution is 5.80. The first kappa shape index (κ1) is 9.53. The van der Waals surface area contributed by atoms with Gasteiger partial charge in [0.1, 0.15) is 11.8 Å². The third-order valence-electron chi connectivity index (χ3n) is 3.07. The van der Waals surface area contributed by atoms with Gasteiger partial charge in [0.05, 0.1) is 11.9 Å². The fraction of sp³-hybridized carbons (Fsp3) is 0.500. The van der Waals surface area contributed by atoms with Crippen LogP contribution in [-0.4, -0.2) is 30.2 Å². The second-order valence-corrected chi connectivity index (χ2v) is 4.34. The predicted molar refractivity (Wildman–Crippen MR) is 58.5 cm³/mol. The molecule has 1 saturated carbocycles. The number of aliphatic hydroxyl groups is 1. The number of nitrogens with zero attached hydrogens (tertiary/aromatic N) is 4. The molecule has 84 valence electrons. The van der Waals surface area contributed by atoms with Crippen LogP contribution in [0.25, 0.3) is 11.2 Å². The lowest BCUT2D eigenvalue weighted by Gasteiger charge is -2.07. The third kappa shape index (κ3) is 1.51. The Bertz CT molecular complexity index is 531. The zero-order chi connectivity index (χ0) is 11.2. The van der Waals surface area contributed by atoms with E-state index >= 15 is 0 Å². The lowest BCUT2D eigenvalue weighted by atomic mass is 10.2. The molecule has 0 radical (unpaired) electrons. The monoisotopic (exact) mass is 219 g/mol. The smallest absolute Gasteiger partial charge is 0.165 e. The van der Waals surface area contributed by atoms with Gasteiger partial charge in [-0.2, -0.15) is 0 Å². The summed E-state index contributed by atoms with van der Waals surface area (Å²) in [5.41, 5.74) is 6.60. The highest BCUT2D eigenvalue weighted by Gasteiger charge is 2.39. The van der Waals surface area contributed by atoms with Crippen LogP contribution in [0, 0.1) is 0 Å². The molecule has 1 fully saturated rings. The van der Waals surface area contributed by atoms with Crippen molar-refractivity contribution in [3.8, 4) is 0 Å². The molecule has 3 N–H and O–H groups in total. The molecule has 2 aromatic heterocycles. The number of imidazole rings is 1. The Labute approximate surface area is 92.1 Å². The van der Waals surface area contributed by atoms with Gasteiger partial charge in [0.2, 0.25) is 0 Å². The highest BCUT2D eigenvalue weighted by atomic mass is 16.3. The van der Waals surface area contributed by atoms with Crippen LogP contribution >= 0.6 is 0 Å². The molecule has 0 aliphatic heterocycles. The number of nitrogens with two attached hydrogens (primary N) is 1. The van der Waals surface area contributed by atoms with Gasteiger partial charge in [0.25, 0.3) is 0 Å². The molecule has 0 bridgehead atoms. The second-order valence-electron chi connectivity index (χ2n) is 4.34. The first-order chi connectivity index (χ1) is 7.68. The summed E-state index contributed by atoms with van der Waals surface area (Å²) < 4.78 is 1.91. The zero-order valence-corrected chi connectivity index (χ0v) is 8.80. The SMILES string of the molecule is Nc1ncnc2c1ncn2CCC1(O)CC1. The van der Waals surface area contributed by atoms with E-state index in [1.165, 1.54) is 6.33 Å². The topological polar surface area (TPSA) is 89.9 Å². The van der Waals surface area contributed by atoms with Crippen LogP contribution in [0.5, 0.6) is 0 Å². The van der Waals surface area contributed by atoms with Crippen molar-refractivity contribution in [2.75, 3.05) is 5.73 Å². The number of fused-ring (bicyclic) bond motifs is 1. The van der Waals surface area contributed by atoms with E-state index in [9.17, 15) is 5.11 Å². The maximum absolute atomic E-state index is 9.76. The number of hydrogen-bond donors (Lipinski definition) is 2. The zero-order valence-electron chi connectivity index (χ0n) is 8.80. The van der Waals surface area contributed by atoms with E-state index in [0.29, 0.717) is 17.9 Å². The molecule has 1 aliphatic rings. The second kappa shape index (κ2) is 3.15. The predicted octanol–water partition coefficient (Wildman–Crippen LogP) is 0.323. The van der Waals surface area contributed by atoms with E-state index in [1.54, 1.807) is 6.33 Å². The van der Waals surface area contributed by atoms with Gasteiger partial charge in [-0.15, -0.1) is 0 Å². The van der Waals surface area contributed by atoms with Crippen LogP contribution in [0.1, 0.15) is 19.3 Å². The summed E-state index contributed by atoms with van der Waals surface area (Å²) in [5.74, 6) is 0.397. The number of nitrogen functional groups attached to an aromatic ring is 1. The summed E-state index contributed by atoms with van der Waals surface area (Å²) in [4.78, 5) is 12.2. The fourth-order valence-electron chi connectivity index (χ4n) is 1.79. The van der Waals surface area contributed by atoms with Crippen molar-refractivity contribution >= 4 is 17.0 Å². The van der Waals surface area contributed by atoms with Crippen molar-refractivity contribution in [3.05, 3.63) is 12.7 Å². The van der Waals surface area contributed by atoms with E-state index in [4.69, 9.17) is 5.73 Å². The molecule has 1 aliphatic carbocycles. The Morgan fingerprint density at radius 2 is 2.19 bits per heavy atom. The number of aryl methyl sites for hydroxylation is 1. The van der Waals surface area contributed by atoms with E-state index in [1.807, 2.05) is 4.57 Å². The molecule has 6 nitrogen and oxygen atoms in total. The van der Waals surface area contributed by atoms with Gasteiger partial charge in [0.15, 0.2) is 11.5 Å². The minimum Gasteiger partial charge on any atom is -0.390 e. The number of hydrogen-bond acceptors (Lipinski definition) is 5. The van der Waals surface area contributed by atoms with Crippen LogP contribution in [0.4, 0.5) is 5.82 Å². The average Bonchev–Trinajstić information content (AvgIpc) is 2.86. The van der Waals surface area contributed by atoms with Crippen LogP contribution < -0.4 is 5.73 Å². The normalized spacial score (nSPS) is 17.8. The van der Waals surface area contributed by atoms with Gasteiger partial charge in [-0.25, -0.2) is 15.0 Å². The van der Waals surface area contributed by atoms with E-state index in [-0.39, 0.29) is 0 Å². The minimum absolute atomic E-state index is 0.397. The molecule has 2 heterocycles. The summed E-state index contributed by atoms with van der Waals surface area (Å²) in [5, 5.41) is 9.76. The molecule has 0 spiro atoms. The van der Waals surface area contributed by atoms with Crippen molar-refractivity contribution in [3.63, 3.8) is 0 Å². The first-order valence-electron chi connectivity index (χ1n) is 5.32. The standard InChI is InChI=1S/C10H13N5O/c11-8-7-9(13-5-12-8)15(6-14-7)4-3-10(16)1-2-10/h5-6,16H,1-4H2,(H2,11,12,13). The lowest BCUT2D eigenvalue weighted by molar-refractivity contribution is 0.134. The Morgan fingerprint density at radius 3 is 2.94 bits per heavy atom. The Hall–Kier alpha value is -1.69. The molecule has 0 aromatic carbocycles. The number of aromatic nitrogens is 4. The largest absolute Gasteiger partial charge is 0.390 e. The molecular weight excluding hydrogens is 206 g/mol. The number of rotatable bonds is 3. The molecule has 6 heteroatoms. The molecule has 2 aromatic rings. The number of anilines is 1. The summed E-state index contributed by atoms with van der Waals surface area (Å²) in [6.45, 7) is 0.712. The van der Waals surface area contributed by atoms with E-state index in [0.717, 1.165) is 24.9 Å². The lowest BCUT2D eigenvalue weighted by Crippen LogP contribution is -2.11. The molecule has 3 rings (SSSR count). The average molecular weight is 219 g/mol. The summed E-state index contributed by atoms with van der Waals surface area (Å²) in [6.07, 6.45) is 5.67. The van der Waals surface area contributed by atoms with Gasteiger partial charge in [-0.05, 0) is 19.3 Å². The molecule has 0 saturated heterocycles. The van der Waals surface area contributed by atoms with Crippen LogP contribution in [0.3, 0.4) is 0 Å². The maximum atomic E-state index is 9.76. The van der Waals surface area contributed by atoms with Crippen LogP contribution in [0.2, 0.25) is 0 Å². The molecule has 0 atom stereocenters.